The highest BCUT2D eigenvalue weighted by Gasteiger charge is 2.34. The maximum Gasteiger partial charge on any atom is 0.265 e. The Morgan fingerprint density at radius 1 is 1.21 bits per heavy atom. The lowest BCUT2D eigenvalue weighted by molar-refractivity contribution is -0.127. The minimum absolute atomic E-state index is 0.00471. The summed E-state index contributed by atoms with van der Waals surface area (Å²) in [5.41, 5.74) is 2.75. The molecule has 1 N–H and O–H groups in total. The molecule has 180 valence electrons. The van der Waals surface area contributed by atoms with Gasteiger partial charge in [0.25, 0.3) is 5.91 Å². The molecule has 34 heavy (non-hydrogen) atoms. The minimum Gasteiger partial charge on any atom is -0.485 e. The van der Waals surface area contributed by atoms with E-state index in [4.69, 9.17) is 14.2 Å². The number of rotatable bonds is 8. The Hall–Kier alpha value is -3.39. The van der Waals surface area contributed by atoms with Gasteiger partial charge in [0.2, 0.25) is 5.91 Å². The third-order valence-corrected chi connectivity index (χ3v) is 6.16. The van der Waals surface area contributed by atoms with Gasteiger partial charge >= 0.3 is 0 Å². The molecule has 0 unspecified atom stereocenters. The third kappa shape index (κ3) is 5.22. The molecule has 0 aliphatic carbocycles. The molecule has 0 spiro atoms. The number of fused-ring (bicyclic) bond motifs is 1. The van der Waals surface area contributed by atoms with E-state index >= 15 is 0 Å². The molecule has 0 radical (unpaired) electrons. The molecule has 2 atom stereocenters. The predicted molar refractivity (Wildman–Crippen MR) is 127 cm³/mol. The number of benzene rings is 2. The standard InChI is InChI=1S/C26H30N2O6/c1-16-6-7-17(2)24(11-16)33-14-22(29)19-8-9-23-21(12-19)28(25(30)15-34-23)18(3)26(31)27-13-20-5-4-10-32-20/h6-9,11-12,18,20H,4-5,10,13-15H2,1-3H3,(H,27,31)/t18-,20+/m0/s1. The van der Waals surface area contributed by atoms with E-state index in [0.29, 0.717) is 35.9 Å². The van der Waals surface area contributed by atoms with Crippen molar-refractivity contribution in [3.8, 4) is 11.5 Å². The van der Waals surface area contributed by atoms with Crippen LogP contribution in [0, 0.1) is 13.8 Å². The van der Waals surface area contributed by atoms with E-state index in [9.17, 15) is 14.4 Å². The fraction of sp³-hybridized carbons (Fsp3) is 0.423. The summed E-state index contributed by atoms with van der Waals surface area (Å²) in [5, 5.41) is 2.87. The summed E-state index contributed by atoms with van der Waals surface area (Å²) in [6, 6.07) is 9.93. The van der Waals surface area contributed by atoms with Gasteiger partial charge in [0.05, 0.1) is 11.8 Å². The van der Waals surface area contributed by atoms with E-state index in [-0.39, 0.29) is 36.9 Å². The first kappa shape index (κ1) is 23.8. The summed E-state index contributed by atoms with van der Waals surface area (Å²) < 4.78 is 16.9. The Labute approximate surface area is 199 Å². The summed E-state index contributed by atoms with van der Waals surface area (Å²) in [6.45, 7) is 6.34. The fourth-order valence-corrected chi connectivity index (χ4v) is 4.14. The molecule has 0 aromatic heterocycles. The van der Waals surface area contributed by atoms with Gasteiger partial charge in [0.1, 0.15) is 17.5 Å². The molecule has 4 rings (SSSR count). The summed E-state index contributed by atoms with van der Waals surface area (Å²) in [5.74, 6) is 0.237. The zero-order valence-electron chi connectivity index (χ0n) is 19.8. The maximum atomic E-state index is 12.9. The second-order valence-electron chi connectivity index (χ2n) is 8.77. The number of aryl methyl sites for hydroxylation is 2. The molecule has 0 saturated carbocycles. The highest BCUT2D eigenvalue weighted by Crippen LogP contribution is 2.34. The Morgan fingerprint density at radius 3 is 2.79 bits per heavy atom. The van der Waals surface area contributed by atoms with Gasteiger partial charge in [-0.05, 0) is 69.0 Å². The first-order chi connectivity index (χ1) is 16.3. The topological polar surface area (TPSA) is 94.2 Å². The van der Waals surface area contributed by atoms with Crippen LogP contribution in [0.15, 0.2) is 36.4 Å². The average molecular weight is 467 g/mol. The fourth-order valence-electron chi connectivity index (χ4n) is 4.14. The van der Waals surface area contributed by atoms with Crippen LogP contribution in [0.1, 0.15) is 41.3 Å². The van der Waals surface area contributed by atoms with E-state index in [1.54, 1.807) is 25.1 Å². The van der Waals surface area contributed by atoms with Crippen molar-refractivity contribution in [2.75, 3.05) is 31.3 Å². The van der Waals surface area contributed by atoms with Gasteiger partial charge < -0.3 is 19.5 Å². The zero-order chi connectivity index (χ0) is 24.2. The van der Waals surface area contributed by atoms with Crippen molar-refractivity contribution in [1.82, 2.24) is 5.32 Å². The monoisotopic (exact) mass is 466 g/mol. The number of ether oxygens (including phenoxy) is 3. The zero-order valence-corrected chi connectivity index (χ0v) is 19.8. The molecular weight excluding hydrogens is 436 g/mol. The maximum absolute atomic E-state index is 12.9. The SMILES string of the molecule is Cc1ccc(C)c(OCC(=O)c2ccc3c(c2)N([C@@H](C)C(=O)NC[C@H]2CCCO2)C(=O)CO3)c1. The summed E-state index contributed by atoms with van der Waals surface area (Å²) >= 11 is 0. The van der Waals surface area contributed by atoms with Crippen LogP contribution in [0.3, 0.4) is 0 Å². The van der Waals surface area contributed by atoms with E-state index in [0.717, 1.165) is 24.0 Å². The number of carbonyl (C=O) groups is 3. The molecule has 2 aromatic carbocycles. The molecule has 1 saturated heterocycles. The number of anilines is 1. The summed E-state index contributed by atoms with van der Waals surface area (Å²) in [6.07, 6.45) is 1.89. The first-order valence-corrected chi connectivity index (χ1v) is 11.5. The van der Waals surface area contributed by atoms with Crippen molar-refractivity contribution < 1.29 is 28.6 Å². The van der Waals surface area contributed by atoms with Crippen LogP contribution in [0.25, 0.3) is 0 Å². The minimum atomic E-state index is -0.770. The number of hydrogen-bond donors (Lipinski definition) is 1. The highest BCUT2D eigenvalue weighted by molar-refractivity contribution is 6.05. The van der Waals surface area contributed by atoms with Crippen molar-refractivity contribution >= 4 is 23.3 Å². The summed E-state index contributed by atoms with van der Waals surface area (Å²) in [7, 11) is 0. The van der Waals surface area contributed by atoms with E-state index < -0.39 is 6.04 Å². The molecule has 2 aromatic rings. The number of Topliss-reactive ketones (excluding diaryl/α,β-unsaturated/α-hetero) is 1. The molecule has 1 fully saturated rings. The van der Waals surface area contributed by atoms with Crippen molar-refractivity contribution in [2.24, 2.45) is 0 Å². The smallest absolute Gasteiger partial charge is 0.265 e. The Kier molecular flexibility index (Phi) is 7.17. The van der Waals surface area contributed by atoms with Crippen LogP contribution in [-0.4, -0.2) is 56.1 Å². The van der Waals surface area contributed by atoms with Gasteiger partial charge in [0.15, 0.2) is 19.0 Å². The van der Waals surface area contributed by atoms with Gasteiger partial charge in [-0.3, -0.25) is 19.3 Å². The Morgan fingerprint density at radius 2 is 2.03 bits per heavy atom. The molecule has 2 heterocycles. The van der Waals surface area contributed by atoms with E-state index in [1.165, 1.54) is 4.90 Å². The van der Waals surface area contributed by atoms with Gasteiger partial charge in [-0.2, -0.15) is 0 Å². The Bertz CT molecular complexity index is 1090. The summed E-state index contributed by atoms with van der Waals surface area (Å²) in [4.78, 5) is 39.8. The number of nitrogens with one attached hydrogen (secondary N) is 1. The highest BCUT2D eigenvalue weighted by atomic mass is 16.5. The molecular formula is C26H30N2O6. The largest absolute Gasteiger partial charge is 0.485 e. The van der Waals surface area contributed by atoms with Crippen molar-refractivity contribution in [3.05, 3.63) is 53.1 Å². The molecule has 2 aliphatic rings. The van der Waals surface area contributed by atoms with Gasteiger partial charge in [-0.15, -0.1) is 0 Å². The third-order valence-electron chi connectivity index (χ3n) is 6.16. The number of ketones is 1. The lowest BCUT2D eigenvalue weighted by Crippen LogP contribution is -2.52. The van der Waals surface area contributed by atoms with Crippen LogP contribution >= 0.6 is 0 Å². The average Bonchev–Trinajstić information content (AvgIpc) is 3.35. The number of hydrogen-bond acceptors (Lipinski definition) is 6. The predicted octanol–water partition coefficient (Wildman–Crippen LogP) is 2.97. The van der Waals surface area contributed by atoms with E-state index in [2.05, 4.69) is 5.32 Å². The van der Waals surface area contributed by atoms with Gasteiger partial charge in [-0.1, -0.05) is 12.1 Å². The molecule has 2 amide bonds. The Balaban J connectivity index is 1.48. The van der Waals surface area contributed by atoms with Crippen LogP contribution in [0.5, 0.6) is 11.5 Å². The van der Waals surface area contributed by atoms with Crippen LogP contribution < -0.4 is 19.7 Å². The number of amides is 2. The van der Waals surface area contributed by atoms with Crippen LogP contribution in [0.4, 0.5) is 5.69 Å². The molecule has 0 bridgehead atoms. The molecule has 2 aliphatic heterocycles. The second kappa shape index (κ2) is 10.3. The second-order valence-corrected chi connectivity index (χ2v) is 8.77. The normalized spacial score (nSPS) is 18.1. The van der Waals surface area contributed by atoms with Crippen molar-refractivity contribution in [1.29, 1.82) is 0 Å². The van der Waals surface area contributed by atoms with Gasteiger partial charge in [0, 0.05) is 18.7 Å². The lowest BCUT2D eigenvalue weighted by atomic mass is 10.1. The van der Waals surface area contributed by atoms with Crippen LogP contribution in [-0.2, 0) is 14.3 Å². The van der Waals surface area contributed by atoms with Crippen molar-refractivity contribution in [2.45, 2.75) is 45.8 Å². The lowest BCUT2D eigenvalue weighted by Gasteiger charge is -2.33. The number of nitrogens with zero attached hydrogens (tertiary/aromatic N) is 1. The number of carbonyl (C=O) groups excluding carboxylic acids is 3. The van der Waals surface area contributed by atoms with Crippen molar-refractivity contribution in [3.63, 3.8) is 0 Å². The van der Waals surface area contributed by atoms with Gasteiger partial charge in [-0.25, -0.2) is 0 Å². The first-order valence-electron chi connectivity index (χ1n) is 11.5. The quantitative estimate of drug-likeness (QED) is 0.601. The molecule has 8 heteroatoms. The van der Waals surface area contributed by atoms with E-state index in [1.807, 2.05) is 32.0 Å². The van der Waals surface area contributed by atoms with Crippen LogP contribution in [0.2, 0.25) is 0 Å². The molecule has 8 nitrogen and oxygen atoms in total.